The number of carbonyl (C=O) groups is 2. The number of aromatic nitrogens is 1. The monoisotopic (exact) mass is 469 g/mol. The van der Waals surface area contributed by atoms with Gasteiger partial charge in [-0.15, -0.1) is 0 Å². The summed E-state index contributed by atoms with van der Waals surface area (Å²) in [6, 6.07) is 15.5. The molecule has 0 aliphatic rings. The highest BCUT2D eigenvalue weighted by molar-refractivity contribution is 8.06. The molecule has 2 amide bonds. The molecule has 9 nitrogen and oxygen atoms in total. The Balaban J connectivity index is 1.57. The summed E-state index contributed by atoms with van der Waals surface area (Å²) >= 11 is 0. The molecule has 1 aromatic heterocycles. The molecular weight excluding hydrogens is 446 g/mol. The maximum Gasteiger partial charge on any atom is 0.345 e. The number of amides is 2. The van der Waals surface area contributed by atoms with Gasteiger partial charge in [0.15, 0.2) is 0 Å². The Labute approximate surface area is 191 Å². The number of anilines is 1. The van der Waals surface area contributed by atoms with Gasteiger partial charge in [-0.25, -0.2) is 8.42 Å². The fraction of sp³-hybridized carbons (Fsp3) is 0.174. The maximum absolute atomic E-state index is 12.5. The number of nitrogens with one attached hydrogen (secondary N) is 2. The number of carbonyl (C=O) groups excluding carboxylic acids is 2. The molecule has 0 aliphatic carbocycles. The summed E-state index contributed by atoms with van der Waals surface area (Å²) in [5.74, 6) is 0.398. The Morgan fingerprint density at radius 2 is 1.70 bits per heavy atom. The molecule has 3 N–H and O–H groups in total. The molecule has 10 heteroatoms. The molecule has 1 heterocycles. The molecule has 33 heavy (non-hydrogen) atoms. The van der Waals surface area contributed by atoms with Crippen LogP contribution in [0.15, 0.2) is 71.8 Å². The summed E-state index contributed by atoms with van der Waals surface area (Å²) in [4.78, 5) is 28.2. The molecule has 0 saturated carbocycles. The van der Waals surface area contributed by atoms with Gasteiger partial charge in [-0.2, -0.15) is 0 Å². The second-order valence-corrected chi connectivity index (χ2v) is 8.84. The lowest BCUT2D eigenvalue weighted by molar-refractivity contribution is 0.0954. The van der Waals surface area contributed by atoms with Crippen LogP contribution >= 0.6 is 0 Å². The summed E-state index contributed by atoms with van der Waals surface area (Å²) in [6.07, 6.45) is 1.87. The van der Waals surface area contributed by atoms with E-state index in [9.17, 15) is 18.0 Å². The van der Waals surface area contributed by atoms with Crippen LogP contribution in [0.1, 0.15) is 21.6 Å². The lowest BCUT2D eigenvalue weighted by Crippen LogP contribution is -2.26. The number of sulfone groups is 1. The number of aliphatic hydroxyl groups is 1. The van der Waals surface area contributed by atoms with Crippen molar-refractivity contribution < 1.29 is 27.9 Å². The molecule has 0 spiro atoms. The van der Waals surface area contributed by atoms with Crippen LogP contribution in [0.3, 0.4) is 0 Å². The van der Waals surface area contributed by atoms with Crippen LogP contribution in [0, 0.1) is 0 Å². The van der Waals surface area contributed by atoms with Gasteiger partial charge in [0.05, 0.1) is 36.2 Å². The minimum atomic E-state index is -4.32. The maximum atomic E-state index is 12.5. The molecule has 3 aromatic rings. The zero-order chi connectivity index (χ0) is 23.8. The van der Waals surface area contributed by atoms with E-state index in [1.165, 1.54) is 42.6 Å². The number of ether oxygens (including phenoxy) is 1. The van der Waals surface area contributed by atoms with Crippen LogP contribution in [0.4, 0.5) is 10.5 Å². The first-order chi connectivity index (χ1) is 15.8. The molecule has 0 atom stereocenters. The summed E-state index contributed by atoms with van der Waals surface area (Å²) in [5.41, 5.74) is 1.86. The number of hydrogen-bond acceptors (Lipinski definition) is 7. The summed E-state index contributed by atoms with van der Waals surface area (Å²) < 4.78 is 30.2. The average molecular weight is 470 g/mol. The predicted molar refractivity (Wildman–Crippen MR) is 122 cm³/mol. The molecule has 172 valence electrons. The minimum Gasteiger partial charge on any atom is -0.497 e. The molecule has 0 bridgehead atoms. The van der Waals surface area contributed by atoms with Gasteiger partial charge in [0.25, 0.3) is 15.7 Å². The average Bonchev–Trinajstić information content (AvgIpc) is 2.85. The summed E-state index contributed by atoms with van der Waals surface area (Å²) in [6.45, 7) is 0.130. The van der Waals surface area contributed by atoms with Gasteiger partial charge in [-0.3, -0.25) is 14.6 Å². The van der Waals surface area contributed by atoms with Gasteiger partial charge >= 0.3 is 5.24 Å². The lowest BCUT2D eigenvalue weighted by Gasteiger charge is -2.08. The first-order valence-corrected chi connectivity index (χ1v) is 11.4. The highest BCUT2D eigenvalue weighted by Crippen LogP contribution is 2.16. The van der Waals surface area contributed by atoms with Gasteiger partial charge in [0, 0.05) is 12.1 Å². The topological polar surface area (TPSA) is 135 Å². The third-order valence-electron chi connectivity index (χ3n) is 4.76. The number of hydrogen-bond donors (Lipinski definition) is 3. The fourth-order valence-corrected chi connectivity index (χ4v) is 3.84. The fourth-order valence-electron chi connectivity index (χ4n) is 2.88. The lowest BCUT2D eigenvalue weighted by atomic mass is 10.1. The van der Waals surface area contributed by atoms with Crippen molar-refractivity contribution in [2.24, 2.45) is 0 Å². The highest BCUT2D eigenvalue weighted by Gasteiger charge is 2.25. The quantitative estimate of drug-likeness (QED) is 0.461. The van der Waals surface area contributed by atoms with Gasteiger partial charge < -0.3 is 20.5 Å². The summed E-state index contributed by atoms with van der Waals surface area (Å²) in [5, 5.41) is 12.8. The molecule has 0 unspecified atom stereocenters. The van der Waals surface area contributed by atoms with Crippen molar-refractivity contribution in [3.63, 3.8) is 0 Å². The van der Waals surface area contributed by atoms with Crippen LogP contribution in [0.25, 0.3) is 0 Å². The predicted octanol–water partition coefficient (Wildman–Crippen LogP) is 2.56. The Kier molecular flexibility index (Phi) is 7.75. The zero-order valence-electron chi connectivity index (χ0n) is 17.8. The van der Waals surface area contributed by atoms with Crippen molar-refractivity contribution in [2.45, 2.75) is 17.9 Å². The smallest absolute Gasteiger partial charge is 0.345 e. The van der Waals surface area contributed by atoms with Gasteiger partial charge in [0.1, 0.15) is 5.75 Å². The first-order valence-electron chi connectivity index (χ1n) is 9.96. The largest absolute Gasteiger partial charge is 0.497 e. The number of pyridine rings is 1. The molecule has 0 radical (unpaired) electrons. The van der Waals surface area contributed by atoms with Crippen molar-refractivity contribution >= 4 is 26.7 Å². The number of nitrogens with zero attached hydrogens (tertiary/aromatic N) is 1. The first kappa shape index (κ1) is 23.9. The van der Waals surface area contributed by atoms with Crippen molar-refractivity contribution in [3.8, 4) is 5.75 Å². The number of rotatable bonds is 8. The van der Waals surface area contributed by atoms with Crippen LogP contribution < -0.4 is 15.4 Å². The Morgan fingerprint density at radius 3 is 2.27 bits per heavy atom. The molecule has 0 aliphatic heterocycles. The number of methoxy groups -OCH3 is 1. The molecule has 2 aromatic carbocycles. The van der Waals surface area contributed by atoms with E-state index in [1.807, 2.05) is 24.3 Å². The second kappa shape index (κ2) is 10.7. The van der Waals surface area contributed by atoms with E-state index < -0.39 is 15.1 Å². The van der Waals surface area contributed by atoms with Crippen molar-refractivity contribution in [2.75, 3.05) is 19.0 Å². The van der Waals surface area contributed by atoms with E-state index in [2.05, 4.69) is 15.6 Å². The van der Waals surface area contributed by atoms with Crippen LogP contribution in [0.2, 0.25) is 0 Å². The molecular formula is C23H23N3O6S. The van der Waals surface area contributed by atoms with E-state index in [0.29, 0.717) is 18.7 Å². The van der Waals surface area contributed by atoms with E-state index in [0.717, 1.165) is 11.3 Å². The third-order valence-corrected chi connectivity index (χ3v) is 6.25. The van der Waals surface area contributed by atoms with Gasteiger partial charge in [0.2, 0.25) is 0 Å². The minimum absolute atomic E-state index is 0.175. The zero-order valence-corrected chi connectivity index (χ0v) is 18.6. The number of aliphatic hydroxyl groups excluding tert-OH is 1. The van der Waals surface area contributed by atoms with E-state index >= 15 is 0 Å². The molecule has 0 fully saturated rings. The standard InChI is InChI=1S/C23H23N3O6S/c1-32-20-8-2-16(3-9-20)12-13-24-22(28)17-4-10-21(11-5-17)33(30,31)23(29)26-18-6-7-19(15-27)25-14-18/h2-11,14,27H,12-13,15H2,1H3,(H,24,28)(H,26,29). The summed E-state index contributed by atoms with van der Waals surface area (Å²) in [7, 11) is -2.73. The van der Waals surface area contributed by atoms with E-state index in [-0.39, 0.29) is 28.7 Å². The SMILES string of the molecule is COc1ccc(CCNC(=O)c2ccc(S(=O)(=O)C(=O)Nc3ccc(CO)nc3)cc2)cc1. The van der Waals surface area contributed by atoms with Crippen LogP contribution in [-0.2, 0) is 22.9 Å². The van der Waals surface area contributed by atoms with Gasteiger partial charge in [-0.05, 0) is 60.5 Å². The Bertz CT molecular complexity index is 1210. The Morgan fingerprint density at radius 1 is 1.00 bits per heavy atom. The van der Waals surface area contributed by atoms with Crippen LogP contribution in [0.5, 0.6) is 5.75 Å². The van der Waals surface area contributed by atoms with Crippen molar-refractivity contribution in [1.29, 1.82) is 0 Å². The van der Waals surface area contributed by atoms with Crippen molar-refractivity contribution in [3.05, 3.63) is 83.7 Å². The van der Waals surface area contributed by atoms with Gasteiger partial charge in [-0.1, -0.05) is 12.1 Å². The second-order valence-electron chi connectivity index (χ2n) is 6.99. The highest BCUT2D eigenvalue weighted by atomic mass is 32.2. The van der Waals surface area contributed by atoms with E-state index in [1.54, 1.807) is 7.11 Å². The van der Waals surface area contributed by atoms with Crippen molar-refractivity contribution in [1.82, 2.24) is 10.3 Å². The van der Waals surface area contributed by atoms with Crippen LogP contribution in [-0.4, -0.2) is 43.3 Å². The molecule has 3 rings (SSSR count). The van der Waals surface area contributed by atoms with E-state index in [4.69, 9.17) is 9.84 Å². The molecule has 0 saturated heterocycles. The number of benzene rings is 2. The third kappa shape index (κ3) is 6.15. The normalized spacial score (nSPS) is 11.0. The Hall–Kier alpha value is -3.76.